The number of quaternary nitrogens is 1. The molecule has 1 amide bonds. The van der Waals surface area contributed by atoms with Gasteiger partial charge in [-0.3, -0.25) is 4.79 Å². The van der Waals surface area contributed by atoms with Crippen LogP contribution in [0.5, 0.6) is 5.75 Å². The summed E-state index contributed by atoms with van der Waals surface area (Å²) in [7, 11) is 1.96. The van der Waals surface area contributed by atoms with Crippen molar-refractivity contribution in [3.63, 3.8) is 0 Å². The van der Waals surface area contributed by atoms with Crippen LogP contribution in [0.1, 0.15) is 16.5 Å². The lowest BCUT2D eigenvalue weighted by Crippen LogP contribution is -3.10. The molecule has 28 heavy (non-hydrogen) atoms. The van der Waals surface area contributed by atoms with Gasteiger partial charge in [-0.15, -0.1) is 11.3 Å². The fourth-order valence-electron chi connectivity index (χ4n) is 2.86. The minimum Gasteiger partial charge on any atom is -0.488 e. The molecule has 2 N–H and O–H groups in total. The van der Waals surface area contributed by atoms with E-state index >= 15 is 0 Å². The molecule has 0 saturated carbocycles. The van der Waals surface area contributed by atoms with E-state index in [0.29, 0.717) is 19.7 Å². The monoisotopic (exact) mass is 399 g/mol. The number of hydrogen-bond acceptors (Lipinski definition) is 3. The zero-order chi connectivity index (χ0) is 19.8. The summed E-state index contributed by atoms with van der Waals surface area (Å²) in [4.78, 5) is 14.7. The van der Waals surface area contributed by atoms with Crippen molar-refractivity contribution < 1.29 is 18.8 Å². The second kappa shape index (κ2) is 10.0. The fourth-order valence-corrected chi connectivity index (χ4v) is 3.67. The fraction of sp³-hybridized carbons (Fsp3) is 0.227. The molecule has 2 atom stereocenters. The number of likely N-dealkylation sites (N-methyl/N-ethyl adjacent to an activating group) is 1. The van der Waals surface area contributed by atoms with Crippen LogP contribution in [0.25, 0.3) is 0 Å². The number of thiophene rings is 1. The second-order valence-electron chi connectivity index (χ2n) is 6.61. The van der Waals surface area contributed by atoms with E-state index in [9.17, 15) is 9.18 Å². The van der Waals surface area contributed by atoms with Crippen molar-refractivity contribution in [2.24, 2.45) is 0 Å². The zero-order valence-corrected chi connectivity index (χ0v) is 16.5. The number of amides is 1. The Morgan fingerprint density at radius 2 is 1.86 bits per heavy atom. The average Bonchev–Trinajstić information content (AvgIpc) is 3.22. The van der Waals surface area contributed by atoms with E-state index in [1.165, 1.54) is 12.1 Å². The highest BCUT2D eigenvalue weighted by Gasteiger charge is 2.20. The molecule has 1 unspecified atom stereocenters. The molecule has 3 aromatic rings. The Balaban J connectivity index is 1.54. The number of para-hydroxylation sites is 1. The molecule has 1 heterocycles. The van der Waals surface area contributed by atoms with Crippen LogP contribution in [-0.2, 0) is 4.79 Å². The Bertz CT molecular complexity index is 854. The SMILES string of the molecule is C[NH+](CCOc1ccccc1)CC(=O)N[C@H](c1ccc(F)cc1)c1cccs1. The van der Waals surface area contributed by atoms with Gasteiger partial charge in [0.15, 0.2) is 6.54 Å². The van der Waals surface area contributed by atoms with Crippen LogP contribution in [0.3, 0.4) is 0 Å². The van der Waals surface area contributed by atoms with Gasteiger partial charge in [0.2, 0.25) is 0 Å². The van der Waals surface area contributed by atoms with E-state index in [1.54, 1.807) is 23.5 Å². The molecule has 146 valence electrons. The molecule has 0 radical (unpaired) electrons. The summed E-state index contributed by atoms with van der Waals surface area (Å²) in [6.45, 7) is 1.58. The maximum atomic E-state index is 13.3. The summed E-state index contributed by atoms with van der Waals surface area (Å²) < 4.78 is 19.0. The lowest BCUT2D eigenvalue weighted by molar-refractivity contribution is -0.871. The minimum atomic E-state index is -0.289. The van der Waals surface area contributed by atoms with Crippen molar-refractivity contribution in [1.29, 1.82) is 0 Å². The van der Waals surface area contributed by atoms with Gasteiger partial charge in [-0.1, -0.05) is 36.4 Å². The number of benzene rings is 2. The Morgan fingerprint density at radius 3 is 2.54 bits per heavy atom. The Hall–Kier alpha value is -2.70. The molecule has 2 aromatic carbocycles. The lowest BCUT2D eigenvalue weighted by atomic mass is 10.1. The molecule has 0 bridgehead atoms. The van der Waals surface area contributed by atoms with Gasteiger partial charge in [0.05, 0.1) is 13.1 Å². The molecular formula is C22H24FN2O2S+. The average molecular weight is 400 g/mol. The van der Waals surface area contributed by atoms with Crippen molar-refractivity contribution in [2.75, 3.05) is 26.7 Å². The predicted molar refractivity (Wildman–Crippen MR) is 109 cm³/mol. The highest BCUT2D eigenvalue weighted by atomic mass is 32.1. The van der Waals surface area contributed by atoms with E-state index in [1.807, 2.05) is 54.9 Å². The van der Waals surface area contributed by atoms with Crippen molar-refractivity contribution >= 4 is 17.2 Å². The smallest absolute Gasteiger partial charge is 0.275 e. The van der Waals surface area contributed by atoms with Crippen molar-refractivity contribution in [1.82, 2.24) is 5.32 Å². The quantitative estimate of drug-likeness (QED) is 0.581. The summed E-state index contributed by atoms with van der Waals surface area (Å²) in [6, 6.07) is 19.5. The molecule has 3 rings (SSSR count). The summed E-state index contributed by atoms with van der Waals surface area (Å²) >= 11 is 1.57. The molecule has 4 nitrogen and oxygen atoms in total. The topological polar surface area (TPSA) is 42.8 Å². The van der Waals surface area contributed by atoms with Gasteiger partial charge in [-0.25, -0.2) is 4.39 Å². The molecule has 1 aromatic heterocycles. The first kappa shape index (κ1) is 20.0. The third-order valence-electron chi connectivity index (χ3n) is 4.34. The number of ether oxygens (including phenoxy) is 1. The summed E-state index contributed by atoms with van der Waals surface area (Å²) in [5.41, 5.74) is 0.863. The highest BCUT2D eigenvalue weighted by molar-refractivity contribution is 7.10. The first-order valence-corrected chi connectivity index (χ1v) is 10.1. The summed E-state index contributed by atoms with van der Waals surface area (Å²) in [5, 5.41) is 5.05. The van der Waals surface area contributed by atoms with Gasteiger partial charge >= 0.3 is 0 Å². The van der Waals surface area contributed by atoms with Crippen LogP contribution in [0.4, 0.5) is 4.39 Å². The van der Waals surface area contributed by atoms with Crippen molar-refractivity contribution in [3.8, 4) is 5.75 Å². The molecule has 0 saturated heterocycles. The van der Waals surface area contributed by atoms with Crippen molar-refractivity contribution in [2.45, 2.75) is 6.04 Å². The zero-order valence-electron chi connectivity index (χ0n) is 15.7. The van der Waals surface area contributed by atoms with Crippen LogP contribution in [0.15, 0.2) is 72.1 Å². The molecule has 0 aliphatic carbocycles. The minimum absolute atomic E-state index is 0.0556. The van der Waals surface area contributed by atoms with Gasteiger partial charge in [0, 0.05) is 4.88 Å². The van der Waals surface area contributed by atoms with Crippen LogP contribution < -0.4 is 15.0 Å². The second-order valence-corrected chi connectivity index (χ2v) is 7.59. The number of nitrogens with one attached hydrogen (secondary N) is 2. The summed E-state index contributed by atoms with van der Waals surface area (Å²) in [6.07, 6.45) is 0. The number of carbonyl (C=O) groups is 1. The van der Waals surface area contributed by atoms with Crippen molar-refractivity contribution in [3.05, 3.63) is 88.4 Å². The molecule has 0 aliphatic rings. The third kappa shape index (κ3) is 5.90. The van der Waals surface area contributed by atoms with E-state index in [4.69, 9.17) is 4.74 Å². The molecule has 0 spiro atoms. The highest BCUT2D eigenvalue weighted by Crippen LogP contribution is 2.26. The van der Waals surface area contributed by atoms with Crippen LogP contribution >= 0.6 is 11.3 Å². The predicted octanol–water partition coefficient (Wildman–Crippen LogP) is 2.69. The van der Waals surface area contributed by atoms with E-state index in [2.05, 4.69) is 5.32 Å². The molecule has 6 heteroatoms. The first-order valence-electron chi connectivity index (χ1n) is 9.19. The first-order chi connectivity index (χ1) is 13.6. The van der Waals surface area contributed by atoms with Crippen LogP contribution in [0.2, 0.25) is 0 Å². The Kier molecular flexibility index (Phi) is 7.17. The standard InChI is InChI=1S/C22H23FN2O2S/c1-25(13-14-27-19-6-3-2-4-7-19)16-21(26)24-22(20-8-5-15-28-20)17-9-11-18(23)12-10-17/h2-12,15,22H,13-14,16H2,1H3,(H,24,26)/p+1/t22-/m1/s1. The Morgan fingerprint density at radius 1 is 1.11 bits per heavy atom. The number of carbonyl (C=O) groups excluding carboxylic acids is 1. The number of rotatable bonds is 9. The Labute approximate surface area is 168 Å². The van der Waals surface area contributed by atoms with E-state index in [0.717, 1.165) is 21.1 Å². The molecule has 0 fully saturated rings. The van der Waals surface area contributed by atoms with Gasteiger partial charge in [0.25, 0.3) is 5.91 Å². The maximum absolute atomic E-state index is 13.3. The van der Waals surface area contributed by atoms with Crippen LogP contribution in [0, 0.1) is 5.82 Å². The van der Waals surface area contributed by atoms with Gasteiger partial charge in [-0.05, 0) is 41.3 Å². The largest absolute Gasteiger partial charge is 0.488 e. The molecule has 0 aliphatic heterocycles. The summed E-state index contributed by atoms with van der Waals surface area (Å²) in [5.74, 6) is 0.483. The maximum Gasteiger partial charge on any atom is 0.275 e. The number of hydrogen-bond donors (Lipinski definition) is 2. The normalized spacial score (nSPS) is 12.9. The third-order valence-corrected chi connectivity index (χ3v) is 5.28. The number of halogens is 1. The van der Waals surface area contributed by atoms with E-state index < -0.39 is 0 Å². The van der Waals surface area contributed by atoms with Gasteiger partial charge in [0.1, 0.15) is 24.7 Å². The van der Waals surface area contributed by atoms with Gasteiger partial charge < -0.3 is 15.0 Å². The van der Waals surface area contributed by atoms with Gasteiger partial charge in [-0.2, -0.15) is 0 Å². The molecular weight excluding hydrogens is 375 g/mol. The van der Waals surface area contributed by atoms with Crippen LogP contribution in [-0.4, -0.2) is 32.7 Å². The lowest BCUT2D eigenvalue weighted by Gasteiger charge is -2.20. The van der Waals surface area contributed by atoms with E-state index in [-0.39, 0.29) is 17.8 Å².